The van der Waals surface area contributed by atoms with Crippen molar-refractivity contribution in [2.45, 2.75) is 100 Å². The minimum absolute atomic E-state index is 0.0100. The van der Waals surface area contributed by atoms with Crippen LogP contribution in [0.2, 0.25) is 0 Å². The van der Waals surface area contributed by atoms with Gasteiger partial charge < -0.3 is 4.90 Å². The Balaban J connectivity index is 1.16. The van der Waals surface area contributed by atoms with Gasteiger partial charge in [-0.05, 0) is 135 Å². The summed E-state index contributed by atoms with van der Waals surface area (Å²) in [6.07, 6.45) is 6.14. The molecule has 0 aromatic heterocycles. The molecule has 73 heavy (non-hydrogen) atoms. The van der Waals surface area contributed by atoms with Crippen molar-refractivity contribution in [1.82, 2.24) is 0 Å². The third kappa shape index (κ3) is 10.0. The molecule has 0 saturated heterocycles. The fourth-order valence-corrected chi connectivity index (χ4v) is 10.8. The summed E-state index contributed by atoms with van der Waals surface area (Å²) in [5, 5.41) is 5.02. The van der Waals surface area contributed by atoms with Gasteiger partial charge in [0.15, 0.2) is 0 Å². The second kappa shape index (κ2) is 19.0. The smallest absolute Gasteiger partial charge is 0.0540 e. The quantitative estimate of drug-likeness (QED) is 0.147. The van der Waals surface area contributed by atoms with Crippen LogP contribution in [-0.4, -0.2) is 0 Å². The first-order valence-corrected chi connectivity index (χ1v) is 26.5. The molecule has 0 heterocycles. The van der Waals surface area contributed by atoms with Crippen LogP contribution in [0.3, 0.4) is 0 Å². The van der Waals surface area contributed by atoms with Gasteiger partial charge in [0.1, 0.15) is 0 Å². The van der Waals surface area contributed by atoms with Gasteiger partial charge in [0, 0.05) is 16.8 Å². The first kappa shape index (κ1) is 49.4. The lowest BCUT2D eigenvalue weighted by atomic mass is 9.68. The number of fused-ring (bicyclic) bond motifs is 2. The molecule has 1 aliphatic rings. The maximum atomic E-state index is 2.57. The summed E-state index contributed by atoms with van der Waals surface area (Å²) in [6, 6.07) is 72.8. The van der Waals surface area contributed by atoms with Gasteiger partial charge in [0.2, 0.25) is 0 Å². The van der Waals surface area contributed by atoms with E-state index in [1.54, 1.807) is 0 Å². The van der Waals surface area contributed by atoms with E-state index in [1.807, 2.05) is 0 Å². The van der Waals surface area contributed by atoms with Gasteiger partial charge in [-0.1, -0.05) is 271 Å². The van der Waals surface area contributed by atoms with Crippen molar-refractivity contribution in [3.8, 4) is 44.5 Å². The number of benzene rings is 9. The summed E-state index contributed by atoms with van der Waals surface area (Å²) in [5.41, 5.74) is 20.0. The van der Waals surface area contributed by atoms with Crippen LogP contribution in [0, 0.1) is 16.7 Å². The van der Waals surface area contributed by atoms with E-state index in [0.29, 0.717) is 5.92 Å². The lowest BCUT2D eigenvalue weighted by Gasteiger charge is -2.37. The van der Waals surface area contributed by atoms with Crippen molar-refractivity contribution in [3.63, 3.8) is 0 Å². The van der Waals surface area contributed by atoms with Crippen LogP contribution >= 0.6 is 0 Å². The van der Waals surface area contributed by atoms with Crippen LogP contribution in [0.5, 0.6) is 0 Å². The van der Waals surface area contributed by atoms with E-state index >= 15 is 0 Å². The lowest BCUT2D eigenvalue weighted by molar-refractivity contribution is 0.276. The van der Waals surface area contributed by atoms with E-state index in [2.05, 4.69) is 294 Å². The molecule has 0 aliphatic heterocycles. The van der Waals surface area contributed by atoms with Gasteiger partial charge >= 0.3 is 0 Å². The molecule has 1 heteroatoms. The lowest BCUT2D eigenvalue weighted by Crippen LogP contribution is -2.25. The zero-order valence-electron chi connectivity index (χ0n) is 45.4. The number of hydrogen-bond acceptors (Lipinski definition) is 1. The van der Waals surface area contributed by atoms with Gasteiger partial charge in [0.05, 0.1) is 11.4 Å². The Morgan fingerprint density at radius 2 is 0.863 bits per heavy atom. The molecule has 1 nitrogen and oxygen atoms in total. The molecule has 9 aromatic carbocycles. The zero-order chi connectivity index (χ0) is 51.5. The standard InChI is InChI=1S/C72H73N/c1-69(2,3)55-42-53(43-56(46-55)70(4,5)6)62-27-15-17-32-66(62)73(59-40-38-49(39-41-59)48-34-36-51(37-35-48)61-29-19-23-50-22-13-14-26-60(50)61)67-33-18-16-28-64(67)65-31-21-25-52-24-20-30-63(68(52)65)54-44-57(71(7,8)9)47-58(45-54)72(10,11)12/h13-45,47,55H,46H2,1-12H3. The highest BCUT2D eigenvalue weighted by Crippen LogP contribution is 2.50. The fourth-order valence-electron chi connectivity index (χ4n) is 10.8. The second-order valence-corrected chi connectivity index (χ2v) is 24.7. The van der Waals surface area contributed by atoms with Crippen molar-refractivity contribution in [1.29, 1.82) is 0 Å². The normalized spacial score (nSPS) is 14.5. The highest BCUT2D eigenvalue weighted by atomic mass is 15.1. The van der Waals surface area contributed by atoms with Crippen LogP contribution in [0.25, 0.3) is 71.6 Å². The van der Waals surface area contributed by atoms with Crippen molar-refractivity contribution < 1.29 is 0 Å². The number of allylic oxidation sites excluding steroid dienone is 4. The van der Waals surface area contributed by atoms with E-state index in [-0.39, 0.29) is 21.7 Å². The van der Waals surface area contributed by atoms with E-state index in [4.69, 9.17) is 0 Å². The summed E-state index contributed by atoms with van der Waals surface area (Å²) in [7, 11) is 0. The molecule has 0 radical (unpaired) electrons. The Labute approximate surface area is 437 Å². The molecule has 0 fully saturated rings. The minimum atomic E-state index is -0.0100. The van der Waals surface area contributed by atoms with Crippen LogP contribution in [0.1, 0.15) is 106 Å². The predicted molar refractivity (Wildman–Crippen MR) is 318 cm³/mol. The number of para-hydroxylation sites is 2. The van der Waals surface area contributed by atoms with Gasteiger partial charge in [-0.3, -0.25) is 0 Å². The van der Waals surface area contributed by atoms with Crippen LogP contribution in [0.15, 0.2) is 212 Å². The molecule has 0 amide bonds. The molecule has 1 unspecified atom stereocenters. The molecule has 0 spiro atoms. The van der Waals surface area contributed by atoms with E-state index in [1.165, 1.54) is 93.9 Å². The van der Waals surface area contributed by atoms with Crippen LogP contribution in [0.4, 0.5) is 17.1 Å². The average Bonchev–Trinajstić information content (AvgIpc) is 3.37. The van der Waals surface area contributed by atoms with Crippen molar-refractivity contribution >= 4 is 44.2 Å². The monoisotopic (exact) mass is 952 g/mol. The fraction of sp³-hybridized carbons (Fsp3) is 0.250. The van der Waals surface area contributed by atoms with Crippen molar-refractivity contribution in [2.24, 2.45) is 16.7 Å². The molecular formula is C72H73N. The summed E-state index contributed by atoms with van der Waals surface area (Å²) in [4.78, 5) is 2.53. The molecule has 366 valence electrons. The molecule has 0 bridgehead atoms. The highest BCUT2D eigenvalue weighted by molar-refractivity contribution is 6.09. The number of hydrogen-bond donors (Lipinski definition) is 0. The maximum absolute atomic E-state index is 2.57. The maximum Gasteiger partial charge on any atom is 0.0540 e. The minimum Gasteiger partial charge on any atom is -0.309 e. The third-order valence-electron chi connectivity index (χ3n) is 15.4. The van der Waals surface area contributed by atoms with Crippen molar-refractivity contribution in [3.05, 3.63) is 229 Å². The van der Waals surface area contributed by atoms with Crippen LogP contribution in [-0.2, 0) is 10.8 Å². The molecule has 10 rings (SSSR count). The van der Waals surface area contributed by atoms with Crippen LogP contribution < -0.4 is 4.90 Å². The van der Waals surface area contributed by atoms with E-state index in [0.717, 1.165) is 23.5 Å². The van der Waals surface area contributed by atoms with Crippen molar-refractivity contribution in [2.75, 3.05) is 4.90 Å². The summed E-state index contributed by atoms with van der Waals surface area (Å²) in [5.74, 6) is 0.395. The van der Waals surface area contributed by atoms with Gasteiger partial charge in [-0.15, -0.1) is 0 Å². The van der Waals surface area contributed by atoms with E-state index in [9.17, 15) is 0 Å². The Morgan fingerprint density at radius 1 is 0.384 bits per heavy atom. The Hall–Kier alpha value is -7.22. The second-order valence-electron chi connectivity index (χ2n) is 24.7. The SMILES string of the molecule is CC(C)(C)C1=CC(c2ccccc2N(c2ccc(-c3ccc(-c4cccc5ccccc45)cc3)cc2)c2ccccc2-c2cccc3cccc(-c4cc(C(C)(C)C)cc(C(C)(C)C)c4)c23)=CC(C(C)(C)C)C1. The van der Waals surface area contributed by atoms with Gasteiger partial charge in [-0.2, -0.15) is 0 Å². The first-order chi connectivity index (χ1) is 34.7. The predicted octanol–water partition coefficient (Wildman–Crippen LogP) is 21.1. The summed E-state index contributed by atoms with van der Waals surface area (Å²) in [6.45, 7) is 28.3. The molecule has 9 aromatic rings. The number of nitrogens with zero attached hydrogens (tertiary/aromatic N) is 1. The number of anilines is 3. The molecule has 1 atom stereocenters. The summed E-state index contributed by atoms with van der Waals surface area (Å²) >= 11 is 0. The molecule has 1 aliphatic carbocycles. The third-order valence-corrected chi connectivity index (χ3v) is 15.4. The first-order valence-electron chi connectivity index (χ1n) is 26.5. The Bertz CT molecular complexity index is 3510. The molecule has 0 saturated carbocycles. The topological polar surface area (TPSA) is 3.24 Å². The molecular weight excluding hydrogens is 879 g/mol. The van der Waals surface area contributed by atoms with Gasteiger partial charge in [0.25, 0.3) is 0 Å². The average molecular weight is 952 g/mol. The number of rotatable bonds is 8. The van der Waals surface area contributed by atoms with Gasteiger partial charge in [-0.25, -0.2) is 0 Å². The van der Waals surface area contributed by atoms with E-state index < -0.39 is 0 Å². The molecule has 0 N–H and O–H groups in total. The Kier molecular flexibility index (Phi) is 12.8. The zero-order valence-corrected chi connectivity index (χ0v) is 45.4. The Morgan fingerprint density at radius 3 is 1.47 bits per heavy atom. The largest absolute Gasteiger partial charge is 0.309 e. The highest BCUT2D eigenvalue weighted by Gasteiger charge is 2.32. The summed E-state index contributed by atoms with van der Waals surface area (Å²) < 4.78 is 0.